The zero-order chi connectivity index (χ0) is 13.5. The minimum atomic E-state index is -0.594. The smallest absolute Gasteiger partial charge is 0.138 e. The first-order valence-corrected chi connectivity index (χ1v) is 6.40. The minimum absolute atomic E-state index is 0.197. The highest BCUT2D eigenvalue weighted by atomic mass is 35.5. The van der Waals surface area contributed by atoms with Crippen LogP contribution in [0.4, 0.5) is 0 Å². The van der Waals surface area contributed by atoms with E-state index in [1.807, 2.05) is 18.2 Å². The van der Waals surface area contributed by atoms with Crippen LogP contribution >= 0.6 is 11.6 Å². The van der Waals surface area contributed by atoms with Gasteiger partial charge in [-0.15, -0.1) is 0 Å². The highest BCUT2D eigenvalue weighted by Gasteiger charge is 2.07. The Labute approximate surface area is 117 Å². The SMILES string of the molecule is OC(CNCc1ccoc1)COc1ccccc1Cl. The van der Waals surface area contributed by atoms with Gasteiger partial charge in [-0.3, -0.25) is 0 Å². The third-order valence-electron chi connectivity index (χ3n) is 2.56. The van der Waals surface area contributed by atoms with Gasteiger partial charge < -0.3 is 19.6 Å². The molecule has 0 spiro atoms. The molecule has 0 aliphatic heterocycles. The van der Waals surface area contributed by atoms with Gasteiger partial charge in [0.2, 0.25) is 0 Å². The van der Waals surface area contributed by atoms with Crippen molar-refractivity contribution >= 4 is 11.6 Å². The van der Waals surface area contributed by atoms with Crippen LogP contribution in [0.25, 0.3) is 0 Å². The lowest BCUT2D eigenvalue weighted by Crippen LogP contribution is -2.31. The quantitative estimate of drug-likeness (QED) is 0.819. The molecule has 5 heteroatoms. The summed E-state index contributed by atoms with van der Waals surface area (Å²) < 4.78 is 10.4. The van der Waals surface area contributed by atoms with Crippen molar-refractivity contribution in [2.24, 2.45) is 0 Å². The van der Waals surface area contributed by atoms with Crippen LogP contribution in [0.2, 0.25) is 5.02 Å². The van der Waals surface area contributed by atoms with E-state index in [-0.39, 0.29) is 6.61 Å². The molecule has 102 valence electrons. The predicted molar refractivity (Wildman–Crippen MR) is 73.4 cm³/mol. The molecule has 0 amide bonds. The Morgan fingerprint density at radius 2 is 2.16 bits per heavy atom. The van der Waals surface area contributed by atoms with Crippen LogP contribution in [0, 0.1) is 0 Å². The fraction of sp³-hybridized carbons (Fsp3) is 0.286. The highest BCUT2D eigenvalue weighted by molar-refractivity contribution is 6.32. The zero-order valence-electron chi connectivity index (χ0n) is 10.4. The molecule has 2 aromatic rings. The molecule has 4 nitrogen and oxygen atoms in total. The van der Waals surface area contributed by atoms with Crippen molar-refractivity contribution in [1.82, 2.24) is 5.32 Å². The Morgan fingerprint density at radius 1 is 1.32 bits per heavy atom. The van der Waals surface area contributed by atoms with Crippen molar-refractivity contribution in [3.8, 4) is 5.75 Å². The number of aliphatic hydroxyl groups is 1. The molecule has 0 saturated heterocycles. The van der Waals surface area contributed by atoms with E-state index in [0.29, 0.717) is 23.9 Å². The number of hydrogen-bond donors (Lipinski definition) is 2. The standard InChI is InChI=1S/C14H16ClNO3/c15-13-3-1-2-4-14(13)19-10-12(17)8-16-7-11-5-6-18-9-11/h1-6,9,12,16-17H,7-8,10H2. The second kappa shape index (κ2) is 7.19. The molecule has 1 aromatic carbocycles. The maximum absolute atomic E-state index is 9.78. The molecular weight excluding hydrogens is 266 g/mol. The van der Waals surface area contributed by atoms with Crippen molar-refractivity contribution in [2.75, 3.05) is 13.2 Å². The average Bonchev–Trinajstić information content (AvgIpc) is 2.91. The lowest BCUT2D eigenvalue weighted by molar-refractivity contribution is 0.106. The second-order valence-corrected chi connectivity index (χ2v) is 4.56. The summed E-state index contributed by atoms with van der Waals surface area (Å²) in [5, 5.41) is 13.4. The fourth-order valence-electron chi connectivity index (χ4n) is 1.58. The molecule has 1 unspecified atom stereocenters. The Hall–Kier alpha value is -1.49. The first-order chi connectivity index (χ1) is 9.25. The Morgan fingerprint density at radius 3 is 2.89 bits per heavy atom. The molecule has 0 aliphatic rings. The van der Waals surface area contributed by atoms with Crippen LogP contribution in [0.3, 0.4) is 0 Å². The van der Waals surface area contributed by atoms with Crippen LogP contribution in [0.5, 0.6) is 5.75 Å². The molecule has 2 N–H and O–H groups in total. The van der Waals surface area contributed by atoms with Crippen LogP contribution in [0.1, 0.15) is 5.56 Å². The summed E-state index contributed by atoms with van der Waals surface area (Å²) in [6.45, 7) is 1.29. The summed E-state index contributed by atoms with van der Waals surface area (Å²) in [6, 6.07) is 9.07. The molecule has 0 bridgehead atoms. The van der Waals surface area contributed by atoms with Gasteiger partial charge in [0.25, 0.3) is 0 Å². The van der Waals surface area contributed by atoms with Crippen LogP contribution in [-0.4, -0.2) is 24.4 Å². The largest absolute Gasteiger partial charge is 0.489 e. The van der Waals surface area contributed by atoms with Crippen LogP contribution in [0.15, 0.2) is 47.3 Å². The zero-order valence-corrected chi connectivity index (χ0v) is 11.1. The number of aliphatic hydroxyl groups excluding tert-OH is 1. The third-order valence-corrected chi connectivity index (χ3v) is 2.87. The summed E-state index contributed by atoms with van der Waals surface area (Å²) in [5.74, 6) is 0.582. The number of halogens is 1. The summed E-state index contributed by atoms with van der Waals surface area (Å²) >= 11 is 5.95. The van der Waals surface area contributed by atoms with E-state index >= 15 is 0 Å². The van der Waals surface area contributed by atoms with Gasteiger partial charge in [0.05, 0.1) is 17.5 Å². The van der Waals surface area contributed by atoms with Gasteiger partial charge in [0, 0.05) is 18.7 Å². The van der Waals surface area contributed by atoms with Crippen molar-refractivity contribution in [1.29, 1.82) is 0 Å². The van der Waals surface area contributed by atoms with E-state index in [1.54, 1.807) is 24.7 Å². The van der Waals surface area contributed by atoms with E-state index < -0.39 is 6.10 Å². The van der Waals surface area contributed by atoms with Crippen molar-refractivity contribution < 1.29 is 14.3 Å². The monoisotopic (exact) mass is 281 g/mol. The molecule has 1 atom stereocenters. The maximum Gasteiger partial charge on any atom is 0.138 e. The molecule has 2 rings (SSSR count). The number of hydrogen-bond acceptors (Lipinski definition) is 4. The summed E-state index contributed by atoms with van der Waals surface area (Å²) in [7, 11) is 0. The van der Waals surface area contributed by atoms with Gasteiger partial charge in [-0.2, -0.15) is 0 Å². The number of nitrogens with one attached hydrogen (secondary N) is 1. The number of rotatable bonds is 7. The molecule has 1 heterocycles. The normalized spacial score (nSPS) is 12.3. The Bertz CT molecular complexity index is 487. The molecule has 0 radical (unpaired) electrons. The first kappa shape index (κ1) is 13.9. The number of benzene rings is 1. The van der Waals surface area contributed by atoms with Crippen LogP contribution < -0.4 is 10.1 Å². The van der Waals surface area contributed by atoms with Gasteiger partial charge >= 0.3 is 0 Å². The predicted octanol–water partition coefficient (Wildman–Crippen LogP) is 2.46. The van der Waals surface area contributed by atoms with E-state index in [4.69, 9.17) is 20.8 Å². The summed E-state index contributed by atoms with van der Waals surface area (Å²) in [5.41, 5.74) is 1.04. The van der Waals surface area contributed by atoms with E-state index in [9.17, 15) is 5.11 Å². The van der Waals surface area contributed by atoms with Crippen molar-refractivity contribution in [2.45, 2.75) is 12.6 Å². The molecule has 0 aliphatic carbocycles. The summed E-state index contributed by atoms with van der Waals surface area (Å²) in [4.78, 5) is 0. The number of para-hydroxylation sites is 1. The van der Waals surface area contributed by atoms with Gasteiger partial charge in [0.15, 0.2) is 0 Å². The molecule has 19 heavy (non-hydrogen) atoms. The van der Waals surface area contributed by atoms with Gasteiger partial charge in [-0.1, -0.05) is 23.7 Å². The topological polar surface area (TPSA) is 54.6 Å². The first-order valence-electron chi connectivity index (χ1n) is 6.03. The van der Waals surface area contributed by atoms with Crippen LogP contribution in [-0.2, 0) is 6.54 Å². The van der Waals surface area contributed by atoms with E-state index in [2.05, 4.69) is 5.32 Å². The summed E-state index contributed by atoms with van der Waals surface area (Å²) in [6.07, 6.45) is 2.69. The van der Waals surface area contributed by atoms with Gasteiger partial charge in [-0.05, 0) is 18.2 Å². The number of furan rings is 1. The second-order valence-electron chi connectivity index (χ2n) is 4.16. The van der Waals surface area contributed by atoms with Gasteiger partial charge in [-0.25, -0.2) is 0 Å². The fourth-order valence-corrected chi connectivity index (χ4v) is 1.77. The molecule has 1 aromatic heterocycles. The molecule has 0 saturated carbocycles. The van der Waals surface area contributed by atoms with E-state index in [1.165, 1.54) is 0 Å². The van der Waals surface area contributed by atoms with E-state index in [0.717, 1.165) is 5.56 Å². The Balaban J connectivity index is 1.67. The number of ether oxygens (including phenoxy) is 1. The lowest BCUT2D eigenvalue weighted by Gasteiger charge is -2.13. The lowest BCUT2D eigenvalue weighted by atomic mass is 10.3. The van der Waals surface area contributed by atoms with Crippen molar-refractivity contribution in [3.05, 3.63) is 53.4 Å². The molecule has 0 fully saturated rings. The average molecular weight is 282 g/mol. The van der Waals surface area contributed by atoms with Crippen molar-refractivity contribution in [3.63, 3.8) is 0 Å². The maximum atomic E-state index is 9.78. The third kappa shape index (κ3) is 4.59. The highest BCUT2D eigenvalue weighted by Crippen LogP contribution is 2.22. The molecular formula is C14H16ClNO3. The van der Waals surface area contributed by atoms with Gasteiger partial charge in [0.1, 0.15) is 18.5 Å². The minimum Gasteiger partial charge on any atom is -0.489 e. The Kier molecular flexibility index (Phi) is 5.27.